The normalized spacial score (nSPS) is 22.7. The van der Waals surface area contributed by atoms with E-state index in [1.807, 2.05) is 97.9 Å². The third-order valence-electron chi connectivity index (χ3n) is 12.5. The molecule has 7 aromatic carbocycles. The Morgan fingerprint density at radius 2 is 0.842 bits per heavy atom. The van der Waals surface area contributed by atoms with Crippen LogP contribution >= 0.6 is 0 Å². The summed E-state index contributed by atoms with van der Waals surface area (Å²) in [6, 6.07) is 61.1. The highest BCUT2D eigenvalue weighted by molar-refractivity contribution is 5.99. The Labute approximate surface area is 439 Å². The summed E-state index contributed by atoms with van der Waals surface area (Å²) >= 11 is 0. The van der Waals surface area contributed by atoms with Gasteiger partial charge in [0.1, 0.15) is 31.0 Å². The summed E-state index contributed by atoms with van der Waals surface area (Å²) in [7, 11) is 0. The average Bonchev–Trinajstić information content (AvgIpc) is 3.50. The Hall–Kier alpha value is -8.15. The van der Waals surface area contributed by atoms with Crippen molar-refractivity contribution in [3.8, 4) is 0 Å². The molecule has 388 valence electrons. The second-order valence-corrected chi connectivity index (χ2v) is 17.8. The van der Waals surface area contributed by atoms with Crippen molar-refractivity contribution < 1.29 is 66.6 Å². The highest BCUT2D eigenvalue weighted by Gasteiger charge is 2.54. The van der Waals surface area contributed by atoms with Gasteiger partial charge in [-0.1, -0.05) is 169 Å². The molecule has 0 saturated carbocycles. The highest BCUT2D eigenvalue weighted by Crippen LogP contribution is 2.35. The Kier molecular flexibility index (Phi) is 18.3. The number of benzene rings is 7. The van der Waals surface area contributed by atoms with E-state index in [9.17, 15) is 19.2 Å². The number of carbonyl (C=O) groups is 4. The molecule has 2 aliphatic heterocycles. The Morgan fingerprint density at radius 3 is 1.33 bits per heavy atom. The molecule has 0 aromatic heterocycles. The molecular formula is C61H55NO14. The van der Waals surface area contributed by atoms with Crippen LogP contribution in [0.15, 0.2) is 217 Å². The lowest BCUT2D eigenvalue weighted by Gasteiger charge is -2.47. The SMILES string of the molecule is C[C@@H]1O[C@@H](OCc2ccccc2)[C@H](O[C@@H]2O[C@H](COC(=O)c3ccccc3)[C@@H](OC(=O)c3ccccc3)[C@H](OC(=O)c3ccccc3)/C2=N\OC(=O)c2ccccc2)[C@H](OCc2ccccc2)[C@H]1OCc1ccccc1. The van der Waals surface area contributed by atoms with Gasteiger partial charge in [-0.15, -0.1) is 0 Å². The van der Waals surface area contributed by atoms with Crippen LogP contribution in [0.4, 0.5) is 0 Å². The fraction of sp³-hybridized carbons (Fsp3) is 0.230. The van der Waals surface area contributed by atoms with Crippen LogP contribution < -0.4 is 0 Å². The minimum absolute atomic E-state index is 0.0626. The van der Waals surface area contributed by atoms with Crippen molar-refractivity contribution in [2.24, 2.45) is 5.16 Å². The molecule has 2 heterocycles. The van der Waals surface area contributed by atoms with E-state index in [0.29, 0.717) is 0 Å². The average molecular weight is 1030 g/mol. The molecule has 76 heavy (non-hydrogen) atoms. The van der Waals surface area contributed by atoms with E-state index < -0.39 is 85.8 Å². The van der Waals surface area contributed by atoms with Crippen molar-refractivity contribution in [1.29, 1.82) is 0 Å². The van der Waals surface area contributed by atoms with Gasteiger partial charge in [-0.05, 0) is 72.1 Å². The zero-order chi connectivity index (χ0) is 52.5. The van der Waals surface area contributed by atoms with E-state index in [4.69, 9.17) is 47.5 Å². The molecule has 2 fully saturated rings. The molecule has 2 aliphatic rings. The first-order valence-corrected chi connectivity index (χ1v) is 24.8. The van der Waals surface area contributed by atoms with Gasteiger partial charge >= 0.3 is 23.9 Å². The number of hydrogen-bond acceptors (Lipinski definition) is 15. The third kappa shape index (κ3) is 14.0. The molecule has 0 unspecified atom stereocenters. The number of rotatable bonds is 20. The number of esters is 3. The molecule has 0 amide bonds. The summed E-state index contributed by atoms with van der Waals surface area (Å²) in [5, 5.41) is 4.38. The van der Waals surface area contributed by atoms with Gasteiger partial charge in [0.15, 0.2) is 24.2 Å². The molecule has 2 saturated heterocycles. The Morgan fingerprint density at radius 1 is 0.434 bits per heavy atom. The maximum Gasteiger partial charge on any atom is 0.365 e. The van der Waals surface area contributed by atoms with Crippen LogP contribution in [0.1, 0.15) is 65.0 Å². The first-order chi connectivity index (χ1) is 37.3. The van der Waals surface area contributed by atoms with E-state index in [2.05, 4.69) is 5.16 Å². The van der Waals surface area contributed by atoms with Gasteiger partial charge in [-0.3, -0.25) is 0 Å². The summed E-state index contributed by atoms with van der Waals surface area (Å²) in [6.45, 7) is 1.57. The van der Waals surface area contributed by atoms with E-state index in [0.717, 1.165) is 16.7 Å². The number of ether oxygens (including phenoxy) is 9. The standard InChI is InChI=1S/C61H55NO14/c1-41-51(67-37-42-23-9-2-10-24-42)54(68-38-43-25-11-3-12-26-43)55(61(71-41)70-39-44-27-13-4-14-28-44)75-60-50(62-76-59(66)48-35-21-8-22-36-48)53(74-58(65)47-33-19-7-20-34-47)52(73-57(64)46-31-17-6-18-32-46)49(72-60)40-69-56(63)45-29-15-5-16-30-45/h2-36,41,49,51-55,60-61H,37-40H2,1H3/b62-50+/t41-,49+,51-,52+,53+,54+,55+,60-,61+/m0/s1. The number of oxime groups is 1. The van der Waals surface area contributed by atoms with Crippen LogP contribution in [0, 0.1) is 0 Å². The quantitative estimate of drug-likeness (QED) is 0.0306. The zero-order valence-electron chi connectivity index (χ0n) is 41.4. The number of carbonyl (C=O) groups excluding carboxylic acids is 4. The van der Waals surface area contributed by atoms with Crippen molar-refractivity contribution >= 4 is 29.6 Å². The van der Waals surface area contributed by atoms with Crippen molar-refractivity contribution in [3.63, 3.8) is 0 Å². The molecule has 15 nitrogen and oxygen atoms in total. The van der Waals surface area contributed by atoms with Crippen molar-refractivity contribution in [2.45, 2.75) is 82.1 Å². The van der Waals surface area contributed by atoms with Crippen LogP contribution in [0.25, 0.3) is 0 Å². The van der Waals surface area contributed by atoms with Crippen molar-refractivity contribution in [3.05, 3.63) is 251 Å². The van der Waals surface area contributed by atoms with E-state index in [1.165, 1.54) is 36.4 Å². The van der Waals surface area contributed by atoms with E-state index >= 15 is 0 Å². The van der Waals surface area contributed by atoms with Crippen molar-refractivity contribution in [1.82, 2.24) is 0 Å². The highest BCUT2D eigenvalue weighted by atomic mass is 16.8. The van der Waals surface area contributed by atoms with Gasteiger partial charge in [0.2, 0.25) is 6.29 Å². The molecule has 0 bridgehead atoms. The predicted octanol–water partition coefficient (Wildman–Crippen LogP) is 9.75. The summed E-state index contributed by atoms with van der Waals surface area (Å²) in [6.07, 6.45) is -11.7. The molecular weight excluding hydrogens is 971 g/mol. The number of nitrogens with zero attached hydrogens (tertiary/aromatic N) is 1. The van der Waals surface area contributed by atoms with Gasteiger partial charge < -0.3 is 47.5 Å². The smallest absolute Gasteiger partial charge is 0.365 e. The lowest BCUT2D eigenvalue weighted by molar-refractivity contribution is -0.343. The summed E-state index contributed by atoms with van der Waals surface area (Å²) in [5.74, 6) is -3.37. The zero-order valence-corrected chi connectivity index (χ0v) is 41.4. The molecule has 0 spiro atoms. The second kappa shape index (κ2) is 26.4. The van der Waals surface area contributed by atoms with Gasteiger partial charge in [-0.2, -0.15) is 0 Å². The minimum Gasteiger partial charge on any atom is -0.459 e. The Balaban J connectivity index is 1.17. The fourth-order valence-corrected chi connectivity index (χ4v) is 8.56. The molecule has 0 radical (unpaired) electrons. The van der Waals surface area contributed by atoms with Gasteiger partial charge in [-0.25, -0.2) is 19.2 Å². The maximum atomic E-state index is 14.4. The lowest BCUT2D eigenvalue weighted by Crippen LogP contribution is -2.64. The first-order valence-electron chi connectivity index (χ1n) is 24.8. The second-order valence-electron chi connectivity index (χ2n) is 17.8. The molecule has 0 aliphatic carbocycles. The minimum atomic E-state index is -1.79. The van der Waals surface area contributed by atoms with E-state index in [1.54, 1.807) is 84.9 Å². The largest absolute Gasteiger partial charge is 0.459 e. The summed E-state index contributed by atoms with van der Waals surface area (Å²) in [4.78, 5) is 61.9. The topological polar surface area (TPSA) is 173 Å². The van der Waals surface area contributed by atoms with Gasteiger partial charge in [0.25, 0.3) is 0 Å². The van der Waals surface area contributed by atoms with Crippen LogP contribution in [-0.2, 0) is 67.3 Å². The van der Waals surface area contributed by atoms with Crippen molar-refractivity contribution in [2.75, 3.05) is 6.61 Å². The third-order valence-corrected chi connectivity index (χ3v) is 12.5. The van der Waals surface area contributed by atoms with E-state index in [-0.39, 0.29) is 47.8 Å². The van der Waals surface area contributed by atoms with Crippen LogP contribution in [0.3, 0.4) is 0 Å². The predicted molar refractivity (Wildman–Crippen MR) is 276 cm³/mol. The maximum absolute atomic E-state index is 14.4. The van der Waals surface area contributed by atoms with Crippen LogP contribution in [0.5, 0.6) is 0 Å². The monoisotopic (exact) mass is 1030 g/mol. The fourth-order valence-electron chi connectivity index (χ4n) is 8.56. The van der Waals surface area contributed by atoms with Gasteiger partial charge in [0, 0.05) is 0 Å². The number of hydrogen-bond donors (Lipinski definition) is 0. The first kappa shape index (κ1) is 52.7. The summed E-state index contributed by atoms with van der Waals surface area (Å²) < 4.78 is 59.4. The molecule has 0 N–H and O–H groups in total. The molecule has 15 heteroatoms. The van der Waals surface area contributed by atoms with Gasteiger partial charge in [0.05, 0.1) is 48.2 Å². The summed E-state index contributed by atoms with van der Waals surface area (Å²) in [5.41, 5.74) is 2.78. The molecule has 9 atom stereocenters. The van der Waals surface area contributed by atoms with Crippen LogP contribution in [-0.4, -0.2) is 91.5 Å². The molecule has 9 rings (SSSR count). The lowest BCUT2D eigenvalue weighted by atomic mass is 9.96. The Bertz CT molecular complexity index is 2970. The molecule has 7 aromatic rings. The van der Waals surface area contributed by atoms with Crippen LogP contribution in [0.2, 0.25) is 0 Å².